The molecule has 3 aromatic rings. The number of Topliss-reactive ketones (excluding diaryl/α,β-unsaturated/α-hetero) is 1. The molecule has 2 aromatic heterocycles. The molecule has 13 heteroatoms. The molecule has 0 aliphatic rings. The van der Waals surface area contributed by atoms with Gasteiger partial charge in [-0.05, 0) is 24.1 Å². The second-order valence-corrected chi connectivity index (χ2v) is 10.2. The maximum Gasteiger partial charge on any atom is 0.312 e. The van der Waals surface area contributed by atoms with Crippen LogP contribution in [0.1, 0.15) is 75.0 Å². The molecule has 38 heavy (non-hydrogen) atoms. The van der Waals surface area contributed by atoms with E-state index < -0.39 is 89.0 Å². The van der Waals surface area contributed by atoms with Gasteiger partial charge in [0.1, 0.15) is 11.6 Å². The number of carboxylic acid groups (broad SMARTS) is 1. The van der Waals surface area contributed by atoms with Gasteiger partial charge in [-0.2, -0.15) is 8.78 Å². The molecule has 1 atom stereocenters. The first-order valence-corrected chi connectivity index (χ1v) is 11.8. The molecule has 2 heterocycles. The number of halogens is 6. The summed E-state index contributed by atoms with van der Waals surface area (Å²) in [5, 5.41) is 16.3. The molecule has 0 radical (unpaired) electrons. The fourth-order valence-corrected chi connectivity index (χ4v) is 3.92. The highest BCUT2D eigenvalue weighted by Gasteiger charge is 2.48. The Hall–Kier alpha value is -3.28. The van der Waals surface area contributed by atoms with E-state index in [4.69, 9.17) is 25.8 Å². The molecule has 0 saturated carbocycles. The summed E-state index contributed by atoms with van der Waals surface area (Å²) in [4.78, 5) is 23.9. The maximum absolute atomic E-state index is 14.7. The van der Waals surface area contributed by atoms with Gasteiger partial charge in [-0.25, -0.2) is 13.2 Å². The molecule has 0 spiro atoms. The molecule has 0 amide bonds. The predicted octanol–water partition coefficient (Wildman–Crippen LogP) is 7.35. The zero-order valence-electron chi connectivity index (χ0n) is 20.5. The lowest BCUT2D eigenvalue weighted by Gasteiger charge is -2.27. The second-order valence-electron chi connectivity index (χ2n) is 9.80. The molecule has 3 rings (SSSR count). The molecular formula is C25H24ClF5N2O5. The van der Waals surface area contributed by atoms with Gasteiger partial charge < -0.3 is 14.2 Å². The fraction of sp³-hybridized carbons (Fsp3) is 0.440. The summed E-state index contributed by atoms with van der Waals surface area (Å²) >= 11 is 5.71. The highest BCUT2D eigenvalue weighted by molar-refractivity contribution is 6.30. The number of alkyl halides is 4. The first kappa shape index (κ1) is 29.3. The van der Waals surface area contributed by atoms with Crippen molar-refractivity contribution in [2.24, 2.45) is 5.41 Å². The summed E-state index contributed by atoms with van der Waals surface area (Å²) in [7, 11) is 0. The van der Waals surface area contributed by atoms with Crippen molar-refractivity contribution >= 4 is 23.4 Å². The van der Waals surface area contributed by atoms with E-state index in [0.29, 0.717) is 0 Å². The van der Waals surface area contributed by atoms with Crippen LogP contribution < -0.4 is 0 Å². The Morgan fingerprint density at radius 2 is 1.79 bits per heavy atom. The number of carboxylic acids is 1. The highest BCUT2D eigenvalue weighted by atomic mass is 35.5. The Kier molecular flexibility index (Phi) is 8.65. The van der Waals surface area contributed by atoms with Crippen molar-refractivity contribution in [1.29, 1.82) is 0 Å². The quantitative estimate of drug-likeness (QED) is 0.243. The smallest absolute Gasteiger partial charge is 0.312 e. The lowest BCUT2D eigenvalue weighted by Crippen LogP contribution is -2.30. The normalized spacial score (nSPS) is 13.2. The molecule has 206 valence electrons. The van der Waals surface area contributed by atoms with Crippen molar-refractivity contribution in [1.82, 2.24) is 10.3 Å². The molecular weight excluding hydrogens is 539 g/mol. The van der Waals surface area contributed by atoms with Crippen LogP contribution in [0.15, 0.2) is 33.3 Å². The summed E-state index contributed by atoms with van der Waals surface area (Å²) in [6.07, 6.45) is -4.89. The van der Waals surface area contributed by atoms with E-state index in [1.165, 1.54) is 32.9 Å². The second kappa shape index (κ2) is 11.2. The predicted molar refractivity (Wildman–Crippen MR) is 125 cm³/mol. The van der Waals surface area contributed by atoms with Gasteiger partial charge in [-0.15, -0.1) is 0 Å². The Labute approximate surface area is 218 Å². The fourth-order valence-electron chi connectivity index (χ4n) is 3.76. The number of benzene rings is 1. The van der Waals surface area contributed by atoms with Crippen molar-refractivity contribution < 1.29 is 45.7 Å². The number of aliphatic carboxylic acids is 1. The molecule has 7 nitrogen and oxygen atoms in total. The van der Waals surface area contributed by atoms with Gasteiger partial charge >= 0.3 is 11.9 Å². The van der Waals surface area contributed by atoms with Crippen molar-refractivity contribution in [2.75, 3.05) is 0 Å². The molecule has 0 bridgehead atoms. The maximum atomic E-state index is 14.7. The SMILES string of the molecule is CC(C)(C)C(F)(F)c1cc(-c2onc([C@@H](CCC(=O)O)CC(=O)Cc3ccc(Cl)cc3F)c2C(F)F)no1. The third-order valence-electron chi connectivity index (χ3n) is 5.94. The molecule has 0 aliphatic heterocycles. The Morgan fingerprint density at radius 3 is 2.37 bits per heavy atom. The first-order valence-electron chi connectivity index (χ1n) is 11.4. The Bertz CT molecular complexity index is 1320. The van der Waals surface area contributed by atoms with E-state index in [-0.39, 0.29) is 17.0 Å². The summed E-state index contributed by atoms with van der Waals surface area (Å²) in [5.74, 6) is -8.75. The molecule has 0 unspecified atom stereocenters. The van der Waals surface area contributed by atoms with E-state index in [0.717, 1.165) is 12.1 Å². The van der Waals surface area contributed by atoms with Gasteiger partial charge in [0.05, 0.1) is 11.3 Å². The van der Waals surface area contributed by atoms with Gasteiger partial charge in [-0.1, -0.05) is 48.8 Å². The van der Waals surface area contributed by atoms with Crippen LogP contribution in [-0.4, -0.2) is 27.2 Å². The van der Waals surface area contributed by atoms with Crippen molar-refractivity contribution in [3.8, 4) is 11.5 Å². The molecule has 1 aromatic carbocycles. The van der Waals surface area contributed by atoms with Gasteiger partial charge in [-0.3, -0.25) is 9.59 Å². The minimum atomic E-state index is -3.50. The minimum Gasteiger partial charge on any atom is -0.481 e. The largest absolute Gasteiger partial charge is 0.481 e. The molecule has 0 saturated heterocycles. The van der Waals surface area contributed by atoms with Crippen LogP contribution >= 0.6 is 11.6 Å². The third-order valence-corrected chi connectivity index (χ3v) is 6.17. The molecule has 0 aliphatic carbocycles. The standard InChI is InChI=1S/C25H24ClF5N2O5/c1-24(2,3)25(30,31)18-11-17(32-37-18)22-20(23(28)29)21(33-38-22)13(5-7-19(35)36)9-15(34)8-12-4-6-14(26)10-16(12)27/h4,6,10-11,13,23H,5,7-9H2,1-3H3,(H,35,36)/t13-/m0/s1. The lowest BCUT2D eigenvalue weighted by atomic mass is 9.86. The Balaban J connectivity index is 1.96. The first-order chi connectivity index (χ1) is 17.6. The zero-order valence-corrected chi connectivity index (χ0v) is 21.3. The van der Waals surface area contributed by atoms with Crippen LogP contribution in [0.3, 0.4) is 0 Å². The monoisotopic (exact) mass is 562 g/mol. The number of hydrogen-bond donors (Lipinski definition) is 1. The summed E-state index contributed by atoms with van der Waals surface area (Å²) in [6.45, 7) is 3.77. The van der Waals surface area contributed by atoms with Crippen LogP contribution in [-0.2, 0) is 21.9 Å². The average Bonchev–Trinajstić information content (AvgIpc) is 3.45. The summed E-state index contributed by atoms with van der Waals surface area (Å²) in [5.41, 5.74) is -3.28. The minimum absolute atomic E-state index is 0.0150. The van der Waals surface area contributed by atoms with Gasteiger partial charge in [0, 0.05) is 41.7 Å². The number of aromatic nitrogens is 2. The zero-order chi connectivity index (χ0) is 28.4. The third kappa shape index (κ3) is 6.40. The van der Waals surface area contributed by atoms with E-state index in [9.17, 15) is 31.5 Å². The van der Waals surface area contributed by atoms with Crippen LogP contribution in [0.2, 0.25) is 5.02 Å². The number of carbonyl (C=O) groups is 2. The van der Waals surface area contributed by atoms with Gasteiger partial charge in [0.15, 0.2) is 11.5 Å². The topological polar surface area (TPSA) is 106 Å². The molecule has 0 fully saturated rings. The number of rotatable bonds is 11. The van der Waals surface area contributed by atoms with Gasteiger partial charge in [0.25, 0.3) is 6.43 Å². The van der Waals surface area contributed by atoms with Crippen LogP contribution in [0.4, 0.5) is 22.0 Å². The van der Waals surface area contributed by atoms with Crippen LogP contribution in [0.5, 0.6) is 0 Å². The lowest BCUT2D eigenvalue weighted by molar-refractivity contribution is -0.137. The average molecular weight is 563 g/mol. The highest BCUT2D eigenvalue weighted by Crippen LogP contribution is 2.46. The number of ketones is 1. The van der Waals surface area contributed by atoms with E-state index >= 15 is 0 Å². The number of nitrogens with zero attached hydrogens (tertiary/aromatic N) is 2. The van der Waals surface area contributed by atoms with E-state index in [2.05, 4.69) is 10.3 Å². The van der Waals surface area contributed by atoms with E-state index in [1.54, 1.807) is 0 Å². The van der Waals surface area contributed by atoms with Gasteiger partial charge in [0.2, 0.25) is 5.76 Å². The Morgan fingerprint density at radius 1 is 1.11 bits per heavy atom. The number of hydrogen-bond acceptors (Lipinski definition) is 6. The summed E-state index contributed by atoms with van der Waals surface area (Å²) < 4.78 is 81.7. The van der Waals surface area contributed by atoms with Crippen molar-refractivity contribution in [3.05, 3.63) is 57.7 Å². The van der Waals surface area contributed by atoms with E-state index in [1.807, 2.05) is 0 Å². The number of carbonyl (C=O) groups excluding carboxylic acids is 1. The summed E-state index contributed by atoms with van der Waals surface area (Å²) in [6, 6.07) is 4.46. The molecule has 1 N–H and O–H groups in total. The van der Waals surface area contributed by atoms with Crippen LogP contribution in [0, 0.1) is 11.2 Å². The van der Waals surface area contributed by atoms with Crippen LogP contribution in [0.25, 0.3) is 11.5 Å². The van der Waals surface area contributed by atoms with Crippen molar-refractivity contribution in [3.63, 3.8) is 0 Å². The van der Waals surface area contributed by atoms with Crippen molar-refractivity contribution in [2.45, 2.75) is 64.7 Å².